The lowest BCUT2D eigenvalue weighted by molar-refractivity contribution is 0.385. The monoisotopic (exact) mass is 365 g/mol. The maximum Gasteiger partial charge on any atom is 0.243 e. The van der Waals surface area contributed by atoms with Gasteiger partial charge in [-0.2, -0.15) is 16.1 Å². The second-order valence-corrected chi connectivity index (χ2v) is 8.24. The Hall–Kier alpha value is -0.0400. The van der Waals surface area contributed by atoms with E-state index in [2.05, 4.69) is 15.9 Å². The molecule has 0 aliphatic carbocycles. The van der Waals surface area contributed by atoms with Gasteiger partial charge in [-0.05, 0) is 37.3 Å². The Morgan fingerprint density at radius 1 is 1.42 bits per heavy atom. The number of sulfonamides is 1. The molecule has 1 aromatic rings. The summed E-state index contributed by atoms with van der Waals surface area (Å²) in [5.74, 6) is 0.805. The zero-order valence-corrected chi connectivity index (χ0v) is 14.9. The first kappa shape index (κ1) is 17.0. The van der Waals surface area contributed by atoms with E-state index in [1.54, 1.807) is 24.9 Å². The Bertz CT molecular complexity index is 531. The first-order valence-corrected chi connectivity index (χ1v) is 9.70. The molecule has 0 saturated carbocycles. The van der Waals surface area contributed by atoms with Crippen LogP contribution in [0.15, 0.2) is 27.6 Å². The summed E-state index contributed by atoms with van der Waals surface area (Å²) in [6, 6.07) is 5.37. The predicted octanol–water partition coefficient (Wildman–Crippen LogP) is 3.52. The third-order valence-electron chi connectivity index (χ3n) is 3.15. The van der Waals surface area contributed by atoms with Crippen LogP contribution in [0, 0.1) is 6.92 Å². The lowest BCUT2D eigenvalue weighted by atomic mass is 10.2. The summed E-state index contributed by atoms with van der Waals surface area (Å²) in [5.41, 5.74) is 0.772. The van der Waals surface area contributed by atoms with Crippen molar-refractivity contribution in [1.82, 2.24) is 4.31 Å². The van der Waals surface area contributed by atoms with Crippen molar-refractivity contribution in [2.75, 3.05) is 19.1 Å². The van der Waals surface area contributed by atoms with Gasteiger partial charge in [-0.15, -0.1) is 0 Å². The van der Waals surface area contributed by atoms with E-state index < -0.39 is 10.0 Å². The molecule has 1 atom stereocenters. The van der Waals surface area contributed by atoms with Crippen molar-refractivity contribution in [2.45, 2.75) is 31.2 Å². The predicted molar refractivity (Wildman–Crippen MR) is 86.3 cm³/mol. The molecule has 0 N–H and O–H groups in total. The van der Waals surface area contributed by atoms with E-state index in [0.29, 0.717) is 4.90 Å². The second-order valence-electron chi connectivity index (χ2n) is 4.45. The zero-order chi connectivity index (χ0) is 14.6. The average molecular weight is 366 g/mol. The van der Waals surface area contributed by atoms with E-state index in [1.165, 1.54) is 4.31 Å². The molecule has 1 rings (SSSR count). The first-order valence-electron chi connectivity index (χ1n) is 6.07. The standard InChI is InChI=1S/C13H20BrNO2S2/c1-5-12(9-18-4)15(3)19(16,17)13-8-11(14)7-6-10(13)2/h6-8,12H,5,9H2,1-4H3. The average Bonchev–Trinajstić information content (AvgIpc) is 2.37. The van der Waals surface area contributed by atoms with E-state index >= 15 is 0 Å². The molecule has 0 fully saturated rings. The van der Waals surface area contributed by atoms with Gasteiger partial charge in [0.15, 0.2) is 0 Å². The van der Waals surface area contributed by atoms with Gasteiger partial charge < -0.3 is 0 Å². The molecule has 19 heavy (non-hydrogen) atoms. The van der Waals surface area contributed by atoms with Crippen LogP contribution >= 0.6 is 27.7 Å². The van der Waals surface area contributed by atoms with Crippen LogP contribution in [-0.2, 0) is 10.0 Å². The van der Waals surface area contributed by atoms with Gasteiger partial charge in [-0.3, -0.25) is 0 Å². The molecule has 0 aromatic heterocycles. The Morgan fingerprint density at radius 3 is 2.58 bits per heavy atom. The van der Waals surface area contributed by atoms with Gasteiger partial charge in [0.1, 0.15) is 0 Å². The minimum Gasteiger partial charge on any atom is -0.207 e. The maximum absolute atomic E-state index is 12.7. The van der Waals surface area contributed by atoms with Crippen molar-refractivity contribution in [1.29, 1.82) is 0 Å². The highest BCUT2D eigenvalue weighted by Gasteiger charge is 2.28. The minimum atomic E-state index is -3.44. The number of benzene rings is 1. The van der Waals surface area contributed by atoms with Gasteiger partial charge in [-0.1, -0.05) is 28.9 Å². The van der Waals surface area contributed by atoms with Crippen LogP contribution in [-0.4, -0.2) is 37.8 Å². The van der Waals surface area contributed by atoms with Crippen LogP contribution in [0.2, 0.25) is 0 Å². The van der Waals surface area contributed by atoms with Crippen molar-refractivity contribution in [3.8, 4) is 0 Å². The van der Waals surface area contributed by atoms with Crippen LogP contribution in [0.1, 0.15) is 18.9 Å². The summed E-state index contributed by atoms with van der Waals surface area (Å²) in [6.45, 7) is 3.84. The third kappa shape index (κ3) is 3.97. The Balaban J connectivity index is 3.19. The Morgan fingerprint density at radius 2 is 2.05 bits per heavy atom. The van der Waals surface area contributed by atoms with Crippen LogP contribution in [0.3, 0.4) is 0 Å². The summed E-state index contributed by atoms with van der Waals surface area (Å²) in [5, 5.41) is 0. The number of hydrogen-bond acceptors (Lipinski definition) is 3. The highest BCUT2D eigenvalue weighted by molar-refractivity contribution is 9.10. The van der Waals surface area contributed by atoms with Gasteiger partial charge in [-0.25, -0.2) is 8.42 Å². The van der Waals surface area contributed by atoms with Gasteiger partial charge in [0.05, 0.1) is 4.90 Å². The fraction of sp³-hybridized carbons (Fsp3) is 0.538. The number of nitrogens with zero attached hydrogens (tertiary/aromatic N) is 1. The van der Waals surface area contributed by atoms with Crippen molar-refractivity contribution >= 4 is 37.7 Å². The Kier molecular flexibility index (Phi) is 6.36. The van der Waals surface area contributed by atoms with E-state index in [4.69, 9.17) is 0 Å². The lowest BCUT2D eigenvalue weighted by Gasteiger charge is -2.26. The highest BCUT2D eigenvalue weighted by atomic mass is 79.9. The smallest absolute Gasteiger partial charge is 0.207 e. The van der Waals surface area contributed by atoms with E-state index in [-0.39, 0.29) is 6.04 Å². The summed E-state index contributed by atoms with van der Waals surface area (Å²) in [4.78, 5) is 0.379. The summed E-state index contributed by atoms with van der Waals surface area (Å²) in [6.07, 6.45) is 2.80. The van der Waals surface area contributed by atoms with Crippen molar-refractivity contribution < 1.29 is 8.42 Å². The quantitative estimate of drug-likeness (QED) is 0.773. The molecule has 0 bridgehead atoms. The molecule has 1 unspecified atom stereocenters. The summed E-state index contributed by atoms with van der Waals surface area (Å²) in [7, 11) is -1.77. The van der Waals surface area contributed by atoms with Crippen molar-refractivity contribution in [2.24, 2.45) is 0 Å². The van der Waals surface area contributed by atoms with E-state index in [1.807, 2.05) is 32.2 Å². The summed E-state index contributed by atoms with van der Waals surface area (Å²) >= 11 is 5.00. The van der Waals surface area contributed by atoms with E-state index in [9.17, 15) is 8.42 Å². The number of thioether (sulfide) groups is 1. The number of halogens is 1. The molecule has 0 saturated heterocycles. The van der Waals surface area contributed by atoms with Gasteiger partial charge in [0.25, 0.3) is 0 Å². The highest BCUT2D eigenvalue weighted by Crippen LogP contribution is 2.25. The van der Waals surface area contributed by atoms with Crippen LogP contribution < -0.4 is 0 Å². The van der Waals surface area contributed by atoms with Gasteiger partial charge >= 0.3 is 0 Å². The fourth-order valence-corrected chi connectivity index (χ4v) is 5.00. The number of rotatable bonds is 6. The first-order chi connectivity index (χ1) is 8.84. The molecule has 0 aliphatic rings. The molecular formula is C13H20BrNO2S2. The molecule has 0 radical (unpaired) electrons. The normalized spacial score (nSPS) is 13.8. The second kappa shape index (κ2) is 7.11. The molecule has 6 heteroatoms. The number of aryl methyl sites for hydroxylation is 1. The van der Waals surface area contributed by atoms with Crippen molar-refractivity contribution in [3.63, 3.8) is 0 Å². The molecule has 0 aliphatic heterocycles. The van der Waals surface area contributed by atoms with Crippen LogP contribution in [0.5, 0.6) is 0 Å². The van der Waals surface area contributed by atoms with Crippen LogP contribution in [0.4, 0.5) is 0 Å². The molecule has 0 spiro atoms. The number of hydrogen-bond donors (Lipinski definition) is 0. The fourth-order valence-electron chi connectivity index (χ4n) is 1.88. The minimum absolute atomic E-state index is 0.0263. The Labute approximate surface area is 128 Å². The zero-order valence-electron chi connectivity index (χ0n) is 11.7. The molecule has 3 nitrogen and oxygen atoms in total. The largest absolute Gasteiger partial charge is 0.243 e. The SMILES string of the molecule is CCC(CSC)N(C)S(=O)(=O)c1cc(Br)ccc1C. The lowest BCUT2D eigenvalue weighted by Crippen LogP contribution is -2.38. The third-order valence-corrected chi connectivity index (χ3v) is 6.42. The van der Waals surface area contributed by atoms with Crippen molar-refractivity contribution in [3.05, 3.63) is 28.2 Å². The maximum atomic E-state index is 12.7. The molecule has 1 aromatic carbocycles. The topological polar surface area (TPSA) is 37.4 Å². The molecular weight excluding hydrogens is 346 g/mol. The van der Waals surface area contributed by atoms with Crippen LogP contribution in [0.25, 0.3) is 0 Å². The van der Waals surface area contributed by atoms with Gasteiger partial charge in [0.2, 0.25) is 10.0 Å². The molecule has 0 heterocycles. The molecule has 0 amide bonds. The van der Waals surface area contributed by atoms with E-state index in [0.717, 1.165) is 22.2 Å². The molecule has 108 valence electrons. The summed E-state index contributed by atoms with van der Waals surface area (Å²) < 4.78 is 27.6. The van der Waals surface area contributed by atoms with Gasteiger partial charge in [0, 0.05) is 23.3 Å².